The van der Waals surface area contributed by atoms with E-state index in [1.54, 1.807) is 4.31 Å². The average Bonchev–Trinajstić information content (AvgIpc) is 3.23. The molecule has 8 nitrogen and oxygen atoms in total. The van der Waals surface area contributed by atoms with Crippen molar-refractivity contribution in [3.63, 3.8) is 0 Å². The van der Waals surface area contributed by atoms with Crippen LogP contribution in [0.15, 0.2) is 4.99 Å². The van der Waals surface area contributed by atoms with Gasteiger partial charge in [-0.15, -0.1) is 0 Å². The van der Waals surface area contributed by atoms with Crippen molar-refractivity contribution in [2.24, 2.45) is 4.99 Å². The molecule has 0 saturated carbocycles. The predicted octanol–water partition coefficient (Wildman–Crippen LogP) is 0.161. The van der Waals surface area contributed by atoms with Crippen LogP contribution in [0.3, 0.4) is 0 Å². The number of nitrogens with zero attached hydrogens (tertiary/aromatic N) is 2. The molecule has 2 N–H and O–H groups in total. The average molecular weight is 377 g/mol. The Kier molecular flexibility index (Phi) is 8.41. The van der Waals surface area contributed by atoms with Crippen molar-refractivity contribution in [2.45, 2.75) is 44.8 Å². The fourth-order valence-electron chi connectivity index (χ4n) is 3.14. The first-order valence-corrected chi connectivity index (χ1v) is 11.0. The highest BCUT2D eigenvalue weighted by molar-refractivity contribution is 7.88. The maximum absolute atomic E-state index is 11.8. The Morgan fingerprint density at radius 3 is 2.88 bits per heavy atom. The molecule has 0 aromatic heterocycles. The standard InChI is InChI=1S/C16H32N4O4S/c1-3-17-16(18-8-5-10-24-15-7-11-23-13-15)19-12-14-6-4-9-20(14)25(2,21)22/h14-15H,3-13H2,1-2H3,(H2,17,18,19)/t14-,15?/m1/s1. The van der Waals surface area contributed by atoms with Crippen LogP contribution in [0.5, 0.6) is 0 Å². The van der Waals surface area contributed by atoms with Gasteiger partial charge in [0.25, 0.3) is 0 Å². The molecule has 2 saturated heterocycles. The fourth-order valence-corrected chi connectivity index (χ4v) is 4.31. The third-order valence-electron chi connectivity index (χ3n) is 4.41. The van der Waals surface area contributed by atoms with Crippen molar-refractivity contribution in [3.8, 4) is 0 Å². The van der Waals surface area contributed by atoms with Gasteiger partial charge in [-0.05, 0) is 32.6 Å². The zero-order valence-corrected chi connectivity index (χ0v) is 16.2. The van der Waals surface area contributed by atoms with Crippen LogP contribution in [0.1, 0.15) is 32.6 Å². The summed E-state index contributed by atoms with van der Waals surface area (Å²) in [5.41, 5.74) is 0. The lowest BCUT2D eigenvalue weighted by Gasteiger charge is -2.21. The molecule has 0 amide bonds. The number of nitrogens with one attached hydrogen (secondary N) is 2. The zero-order valence-electron chi connectivity index (χ0n) is 15.4. The number of hydrogen-bond acceptors (Lipinski definition) is 5. The molecule has 0 spiro atoms. The molecule has 0 aromatic rings. The number of sulfonamides is 1. The van der Waals surface area contributed by atoms with Gasteiger partial charge in [-0.2, -0.15) is 4.31 Å². The van der Waals surface area contributed by atoms with E-state index in [2.05, 4.69) is 15.6 Å². The zero-order chi connectivity index (χ0) is 18.1. The van der Waals surface area contributed by atoms with Crippen LogP contribution in [0.25, 0.3) is 0 Å². The lowest BCUT2D eigenvalue weighted by atomic mass is 10.2. The maximum atomic E-state index is 11.8. The van der Waals surface area contributed by atoms with Gasteiger partial charge in [-0.25, -0.2) is 8.42 Å². The number of ether oxygens (including phenoxy) is 2. The van der Waals surface area contributed by atoms with Gasteiger partial charge in [0, 0.05) is 38.9 Å². The second-order valence-electron chi connectivity index (χ2n) is 6.53. The van der Waals surface area contributed by atoms with E-state index in [0.717, 1.165) is 51.3 Å². The van der Waals surface area contributed by atoms with Crippen molar-refractivity contribution in [1.29, 1.82) is 0 Å². The summed E-state index contributed by atoms with van der Waals surface area (Å²) in [6, 6.07) is -0.0313. The molecule has 0 radical (unpaired) electrons. The highest BCUT2D eigenvalue weighted by atomic mass is 32.2. The van der Waals surface area contributed by atoms with E-state index in [-0.39, 0.29) is 12.1 Å². The van der Waals surface area contributed by atoms with Gasteiger partial charge >= 0.3 is 0 Å². The van der Waals surface area contributed by atoms with Gasteiger partial charge < -0.3 is 20.1 Å². The van der Waals surface area contributed by atoms with E-state index in [1.807, 2.05) is 6.92 Å². The van der Waals surface area contributed by atoms with Crippen LogP contribution < -0.4 is 10.6 Å². The van der Waals surface area contributed by atoms with E-state index in [1.165, 1.54) is 6.26 Å². The summed E-state index contributed by atoms with van der Waals surface area (Å²) in [5, 5.41) is 6.49. The van der Waals surface area contributed by atoms with Gasteiger partial charge in [0.15, 0.2) is 5.96 Å². The Morgan fingerprint density at radius 2 is 2.20 bits per heavy atom. The summed E-state index contributed by atoms with van der Waals surface area (Å²) in [6.45, 7) is 6.83. The van der Waals surface area contributed by atoms with E-state index < -0.39 is 10.0 Å². The third kappa shape index (κ3) is 7.08. The Morgan fingerprint density at radius 1 is 1.36 bits per heavy atom. The molecule has 2 aliphatic rings. The second-order valence-corrected chi connectivity index (χ2v) is 8.46. The summed E-state index contributed by atoms with van der Waals surface area (Å²) < 4.78 is 36.2. The first-order valence-electron chi connectivity index (χ1n) is 9.19. The van der Waals surface area contributed by atoms with Gasteiger partial charge in [-0.1, -0.05) is 0 Å². The predicted molar refractivity (Wildman–Crippen MR) is 98.3 cm³/mol. The molecule has 2 atom stereocenters. The molecule has 2 aliphatic heterocycles. The molecule has 0 aliphatic carbocycles. The molecule has 0 aromatic carbocycles. The topological polar surface area (TPSA) is 92.3 Å². The second kappa shape index (κ2) is 10.3. The third-order valence-corrected chi connectivity index (χ3v) is 5.74. The van der Waals surface area contributed by atoms with Crippen LogP contribution in [0, 0.1) is 0 Å². The van der Waals surface area contributed by atoms with Crippen molar-refractivity contribution in [1.82, 2.24) is 14.9 Å². The van der Waals surface area contributed by atoms with Crippen molar-refractivity contribution >= 4 is 16.0 Å². The SMILES string of the molecule is CCNC(=NC[C@H]1CCCN1S(C)(=O)=O)NCCCOC1CCOC1. The van der Waals surface area contributed by atoms with Crippen molar-refractivity contribution < 1.29 is 17.9 Å². The summed E-state index contributed by atoms with van der Waals surface area (Å²) >= 11 is 0. The first-order chi connectivity index (χ1) is 12.0. The van der Waals surface area contributed by atoms with Gasteiger partial charge in [0.05, 0.1) is 25.5 Å². The molecule has 146 valence electrons. The molecule has 1 unspecified atom stereocenters. The molecular formula is C16H32N4O4S. The number of aliphatic imine (C=N–C) groups is 1. The van der Waals surface area contributed by atoms with Gasteiger partial charge in [0.2, 0.25) is 10.0 Å². The monoisotopic (exact) mass is 376 g/mol. The smallest absolute Gasteiger partial charge is 0.211 e. The van der Waals surface area contributed by atoms with E-state index in [0.29, 0.717) is 26.3 Å². The minimum Gasteiger partial charge on any atom is -0.379 e. The number of hydrogen-bond donors (Lipinski definition) is 2. The number of guanidine groups is 1. The highest BCUT2D eigenvalue weighted by Crippen LogP contribution is 2.20. The summed E-state index contributed by atoms with van der Waals surface area (Å²) in [5.74, 6) is 0.729. The van der Waals surface area contributed by atoms with Crippen molar-refractivity contribution in [3.05, 3.63) is 0 Å². The summed E-state index contributed by atoms with van der Waals surface area (Å²) in [6.07, 6.45) is 5.15. The Bertz CT molecular complexity index is 520. The Balaban J connectivity index is 1.71. The van der Waals surface area contributed by atoms with Crippen LogP contribution in [-0.2, 0) is 19.5 Å². The first kappa shape index (κ1) is 20.4. The molecule has 0 bridgehead atoms. The maximum Gasteiger partial charge on any atom is 0.211 e. The summed E-state index contributed by atoms with van der Waals surface area (Å²) in [7, 11) is -3.15. The quantitative estimate of drug-likeness (QED) is 0.338. The van der Waals surface area contributed by atoms with Crippen LogP contribution >= 0.6 is 0 Å². The fraction of sp³-hybridized carbons (Fsp3) is 0.938. The van der Waals surface area contributed by atoms with E-state index >= 15 is 0 Å². The Labute approximate surface area is 151 Å². The van der Waals surface area contributed by atoms with Crippen molar-refractivity contribution in [2.75, 3.05) is 52.3 Å². The largest absolute Gasteiger partial charge is 0.379 e. The van der Waals surface area contributed by atoms with E-state index in [4.69, 9.17) is 9.47 Å². The molecular weight excluding hydrogens is 344 g/mol. The Hall–Kier alpha value is -0.900. The van der Waals surface area contributed by atoms with Gasteiger partial charge in [0.1, 0.15) is 0 Å². The van der Waals surface area contributed by atoms with Crippen LogP contribution in [0.4, 0.5) is 0 Å². The summed E-state index contributed by atoms with van der Waals surface area (Å²) in [4.78, 5) is 4.56. The molecule has 9 heteroatoms. The van der Waals surface area contributed by atoms with E-state index in [9.17, 15) is 8.42 Å². The molecule has 2 rings (SSSR count). The lowest BCUT2D eigenvalue weighted by molar-refractivity contribution is 0.0420. The lowest BCUT2D eigenvalue weighted by Crippen LogP contribution is -2.41. The molecule has 25 heavy (non-hydrogen) atoms. The normalized spacial score (nSPS) is 25.4. The minimum atomic E-state index is -3.15. The minimum absolute atomic E-state index is 0.0313. The van der Waals surface area contributed by atoms with Gasteiger partial charge in [-0.3, -0.25) is 4.99 Å². The molecule has 2 fully saturated rings. The number of rotatable bonds is 9. The van der Waals surface area contributed by atoms with Crippen LogP contribution in [-0.4, -0.2) is 83.1 Å². The van der Waals surface area contributed by atoms with Crippen LogP contribution in [0.2, 0.25) is 0 Å². The highest BCUT2D eigenvalue weighted by Gasteiger charge is 2.31. The molecule has 2 heterocycles.